The molecule has 0 atom stereocenters. The Labute approximate surface area is 110 Å². The highest BCUT2D eigenvalue weighted by atomic mass is 28.2. The summed E-state index contributed by atoms with van der Waals surface area (Å²) in [6.07, 6.45) is 3.95. The lowest BCUT2D eigenvalue weighted by Crippen LogP contribution is -2.21. The van der Waals surface area contributed by atoms with E-state index in [0.29, 0.717) is 0 Å². The van der Waals surface area contributed by atoms with Gasteiger partial charge in [-0.3, -0.25) is 0 Å². The van der Waals surface area contributed by atoms with Gasteiger partial charge in [-0.15, -0.1) is 0 Å². The summed E-state index contributed by atoms with van der Waals surface area (Å²) < 4.78 is 20.8. The first-order valence-electron chi connectivity index (χ1n) is 6.39. The smallest absolute Gasteiger partial charge is 0.134 e. The summed E-state index contributed by atoms with van der Waals surface area (Å²) in [4.78, 5) is 0. The third-order valence-electron chi connectivity index (χ3n) is 2.93. The second-order valence-corrected chi connectivity index (χ2v) is 8.05. The molecule has 0 aliphatic heterocycles. The molecule has 0 radical (unpaired) electrons. The summed E-state index contributed by atoms with van der Waals surface area (Å²) in [5.74, 6) is 0.214. The molecule has 0 N–H and O–H groups in total. The monoisotopic (exact) mass is 280 g/mol. The van der Waals surface area contributed by atoms with Crippen LogP contribution in [0.2, 0.25) is 12.1 Å². The van der Waals surface area contributed by atoms with Crippen molar-refractivity contribution in [2.75, 3.05) is 28.4 Å². The summed E-state index contributed by atoms with van der Waals surface area (Å²) in [6.45, 7) is 0. The largest absolute Gasteiger partial charge is 0.360 e. The van der Waals surface area contributed by atoms with Gasteiger partial charge < -0.3 is 18.9 Å². The molecule has 0 saturated carbocycles. The lowest BCUT2D eigenvalue weighted by Gasteiger charge is -2.13. The Hall–Kier alpha value is 0.274. The third kappa shape index (κ3) is 9.93. The molecule has 0 saturated heterocycles. The van der Waals surface area contributed by atoms with E-state index < -0.39 is 0 Å². The number of methoxy groups -OCH3 is 4. The molecule has 0 aromatic heterocycles. The van der Waals surface area contributed by atoms with Crippen LogP contribution in [0.15, 0.2) is 0 Å². The molecule has 0 aliphatic rings. The van der Waals surface area contributed by atoms with Gasteiger partial charge >= 0.3 is 0 Å². The molecule has 0 aromatic carbocycles. The van der Waals surface area contributed by atoms with Gasteiger partial charge in [0.25, 0.3) is 0 Å². The van der Waals surface area contributed by atoms with Crippen LogP contribution in [0.5, 0.6) is 0 Å². The molecule has 6 heteroatoms. The highest BCUT2D eigenvalue weighted by Gasteiger charge is 2.06. The van der Waals surface area contributed by atoms with Gasteiger partial charge in [-0.1, -0.05) is 31.4 Å². The van der Waals surface area contributed by atoms with E-state index in [1.54, 1.807) is 28.4 Å². The van der Waals surface area contributed by atoms with Crippen LogP contribution in [-0.4, -0.2) is 59.3 Å². The van der Waals surface area contributed by atoms with Crippen LogP contribution in [0, 0.1) is 0 Å². The average molecular weight is 281 g/mol. The zero-order valence-electron chi connectivity index (χ0n) is 11.7. The van der Waals surface area contributed by atoms with Crippen LogP contribution in [0.4, 0.5) is 0 Å². The number of rotatable bonds is 12. The van der Waals surface area contributed by atoms with Gasteiger partial charge in [-0.2, -0.15) is 0 Å². The third-order valence-corrected chi connectivity index (χ3v) is 7.02. The number of hydrogen-bond acceptors (Lipinski definition) is 4. The molecular weight excluding hydrogens is 252 g/mol. The van der Waals surface area contributed by atoms with Gasteiger partial charge in [0.15, 0.2) is 0 Å². The first-order valence-corrected chi connectivity index (χ1v) is 10.0. The lowest BCUT2D eigenvalue weighted by atomic mass is 10.3. The predicted octanol–water partition coefficient (Wildman–Crippen LogP) is 0.484. The summed E-state index contributed by atoms with van der Waals surface area (Å²) in [5, 5.41) is 0. The topological polar surface area (TPSA) is 36.9 Å². The standard InChI is InChI=1S/C11H28O4Si2/c1-12-10(13-2)16-8-6-5-7-9-17-11(14-3)15-4/h10-11H,5-9,16-17H2,1-4H3. The van der Waals surface area contributed by atoms with Gasteiger partial charge in [0, 0.05) is 28.4 Å². The number of hydrogen-bond donors (Lipinski definition) is 0. The molecule has 0 unspecified atom stereocenters. The average Bonchev–Trinajstić information content (AvgIpc) is 2.37. The molecular formula is C11H28O4Si2. The first kappa shape index (κ1) is 17.3. The van der Waals surface area contributed by atoms with Crippen molar-refractivity contribution in [1.29, 1.82) is 0 Å². The summed E-state index contributed by atoms with van der Waals surface area (Å²) in [6, 6.07) is 2.62. The van der Waals surface area contributed by atoms with Gasteiger partial charge in [-0.25, -0.2) is 0 Å². The Balaban J connectivity index is 3.23. The van der Waals surface area contributed by atoms with Crippen LogP contribution in [0.3, 0.4) is 0 Å². The SMILES string of the molecule is COC(OC)[SiH2]CCCCC[SiH2]C(OC)OC. The van der Waals surface area contributed by atoms with Crippen LogP contribution in [-0.2, 0) is 18.9 Å². The fraction of sp³-hybridized carbons (Fsp3) is 1.00. The van der Waals surface area contributed by atoms with Crippen molar-refractivity contribution in [3.63, 3.8) is 0 Å². The maximum atomic E-state index is 5.20. The Morgan fingerprint density at radius 1 is 0.647 bits per heavy atom. The molecule has 0 spiro atoms. The lowest BCUT2D eigenvalue weighted by molar-refractivity contribution is -0.0441. The Morgan fingerprint density at radius 2 is 1.00 bits per heavy atom. The normalized spacial score (nSPS) is 13.1. The minimum absolute atomic E-state index is 0.107. The highest BCUT2D eigenvalue weighted by molar-refractivity contribution is 6.36. The van der Waals surface area contributed by atoms with Gasteiger partial charge in [0.05, 0.1) is 19.0 Å². The van der Waals surface area contributed by atoms with Crippen molar-refractivity contribution in [3.8, 4) is 0 Å². The van der Waals surface area contributed by atoms with Crippen molar-refractivity contribution < 1.29 is 18.9 Å². The summed E-state index contributed by atoms with van der Waals surface area (Å²) in [7, 11) is 6.47. The molecule has 104 valence electrons. The first-order chi connectivity index (χ1) is 8.28. The maximum absolute atomic E-state index is 5.20. The zero-order valence-corrected chi connectivity index (χ0v) is 14.6. The van der Waals surface area contributed by atoms with Crippen molar-refractivity contribution in [2.45, 2.75) is 43.2 Å². The van der Waals surface area contributed by atoms with E-state index in [1.807, 2.05) is 0 Å². The van der Waals surface area contributed by atoms with Crippen LogP contribution < -0.4 is 0 Å². The van der Waals surface area contributed by atoms with E-state index in [2.05, 4.69) is 0 Å². The van der Waals surface area contributed by atoms with Crippen molar-refractivity contribution >= 4 is 19.0 Å². The minimum Gasteiger partial charge on any atom is -0.360 e. The van der Waals surface area contributed by atoms with Crippen LogP contribution in [0.1, 0.15) is 19.3 Å². The summed E-state index contributed by atoms with van der Waals surface area (Å²) in [5.41, 5.74) is 0. The molecule has 0 rings (SSSR count). The molecule has 0 amide bonds. The van der Waals surface area contributed by atoms with E-state index in [-0.39, 0.29) is 30.9 Å². The second kappa shape index (κ2) is 12.7. The van der Waals surface area contributed by atoms with Crippen molar-refractivity contribution in [1.82, 2.24) is 0 Å². The van der Waals surface area contributed by atoms with E-state index in [9.17, 15) is 0 Å². The number of unbranched alkanes of at least 4 members (excludes halogenated alkanes) is 2. The zero-order chi connectivity index (χ0) is 12.9. The Bertz CT molecular complexity index is 136. The Kier molecular flexibility index (Phi) is 12.9. The molecule has 0 fully saturated rings. The Morgan fingerprint density at radius 3 is 1.29 bits per heavy atom. The van der Waals surface area contributed by atoms with Gasteiger partial charge in [0.2, 0.25) is 0 Å². The van der Waals surface area contributed by atoms with E-state index in [0.717, 1.165) is 0 Å². The van der Waals surface area contributed by atoms with Crippen molar-refractivity contribution in [3.05, 3.63) is 0 Å². The molecule has 17 heavy (non-hydrogen) atoms. The second-order valence-electron chi connectivity index (χ2n) is 4.15. The van der Waals surface area contributed by atoms with Crippen LogP contribution >= 0.6 is 0 Å². The van der Waals surface area contributed by atoms with Crippen molar-refractivity contribution in [2.24, 2.45) is 0 Å². The van der Waals surface area contributed by atoms with E-state index in [4.69, 9.17) is 18.9 Å². The van der Waals surface area contributed by atoms with E-state index >= 15 is 0 Å². The molecule has 0 aliphatic carbocycles. The van der Waals surface area contributed by atoms with E-state index in [1.165, 1.54) is 31.4 Å². The maximum Gasteiger partial charge on any atom is 0.134 e. The fourth-order valence-corrected chi connectivity index (χ4v) is 4.71. The minimum atomic E-state index is -0.216. The summed E-state index contributed by atoms with van der Waals surface area (Å²) >= 11 is 0. The van der Waals surface area contributed by atoms with Gasteiger partial charge in [-0.05, 0) is 0 Å². The molecule has 0 aromatic rings. The molecule has 4 nitrogen and oxygen atoms in total. The van der Waals surface area contributed by atoms with Crippen LogP contribution in [0.25, 0.3) is 0 Å². The highest BCUT2D eigenvalue weighted by Crippen LogP contribution is 2.06. The fourth-order valence-electron chi connectivity index (χ4n) is 1.82. The molecule has 0 bridgehead atoms. The predicted molar refractivity (Wildman–Crippen MR) is 76.2 cm³/mol. The molecule has 0 heterocycles. The number of ether oxygens (including phenoxy) is 4. The quantitative estimate of drug-likeness (QED) is 0.296. The van der Waals surface area contributed by atoms with Gasteiger partial charge in [0.1, 0.15) is 11.8 Å².